The second-order valence-electron chi connectivity index (χ2n) is 6.46. The first-order chi connectivity index (χ1) is 14.7. The van der Waals surface area contributed by atoms with Crippen LogP contribution in [0.3, 0.4) is 0 Å². The number of rotatable bonds is 5. The lowest BCUT2D eigenvalue weighted by atomic mass is 10.2. The number of fused-ring (bicyclic) bond motifs is 1. The summed E-state index contributed by atoms with van der Waals surface area (Å²) in [5.41, 5.74) is -0.396. The molecule has 8 nitrogen and oxygen atoms in total. The van der Waals surface area contributed by atoms with Crippen LogP contribution in [0, 0.1) is 0 Å². The highest BCUT2D eigenvalue weighted by atomic mass is 35.5. The molecule has 0 bridgehead atoms. The highest BCUT2D eigenvalue weighted by Gasteiger charge is 2.33. The van der Waals surface area contributed by atoms with Gasteiger partial charge in [-0.25, -0.2) is 9.97 Å². The molecule has 3 aromatic heterocycles. The molecule has 0 saturated heterocycles. The average molecular weight is 474 g/mol. The summed E-state index contributed by atoms with van der Waals surface area (Å²) in [5, 5.41) is 13.4. The van der Waals surface area contributed by atoms with Crippen LogP contribution in [-0.4, -0.2) is 42.3 Å². The molecule has 4 aromatic rings. The molecule has 0 spiro atoms. The molecule has 0 fully saturated rings. The Bertz CT molecular complexity index is 1260. The van der Waals surface area contributed by atoms with Gasteiger partial charge in [-0.2, -0.15) is 18.2 Å². The van der Waals surface area contributed by atoms with Gasteiger partial charge in [0.25, 0.3) is 5.89 Å². The van der Waals surface area contributed by atoms with Gasteiger partial charge in [0.15, 0.2) is 11.3 Å². The molecule has 0 aliphatic heterocycles. The summed E-state index contributed by atoms with van der Waals surface area (Å²) in [7, 11) is 0. The Hall–Kier alpha value is -2.89. The standard InChI is InChI=1S/C18H12Cl2F3N5O3/c1-8(7-29)30-13-3-10(19)9(2-11(13)20)16-26-17(31-27-16)12-5-28-6-14(18(21,22)23)24-4-15(28)25-12/h2-6,8,29H,7H2,1H3. The first-order valence-corrected chi connectivity index (χ1v) is 9.44. The van der Waals surface area contributed by atoms with Gasteiger partial charge in [-0.05, 0) is 13.0 Å². The monoisotopic (exact) mass is 473 g/mol. The molecule has 162 valence electrons. The molecule has 0 amide bonds. The van der Waals surface area contributed by atoms with E-state index in [2.05, 4.69) is 20.1 Å². The molecule has 1 unspecified atom stereocenters. The predicted molar refractivity (Wildman–Crippen MR) is 104 cm³/mol. The molecule has 1 N–H and O–H groups in total. The zero-order chi connectivity index (χ0) is 22.3. The number of hydrogen-bond acceptors (Lipinski definition) is 7. The van der Waals surface area contributed by atoms with E-state index in [1.54, 1.807) is 6.92 Å². The first kappa shape index (κ1) is 21.3. The zero-order valence-electron chi connectivity index (χ0n) is 15.6. The number of aliphatic hydroxyl groups excluding tert-OH is 1. The summed E-state index contributed by atoms with van der Waals surface area (Å²) in [5.74, 6) is 0.331. The minimum absolute atomic E-state index is 0.0336. The number of nitrogens with zero attached hydrogens (tertiary/aromatic N) is 5. The fourth-order valence-corrected chi connectivity index (χ4v) is 3.08. The number of benzene rings is 1. The van der Waals surface area contributed by atoms with Crippen LogP contribution in [0.2, 0.25) is 10.0 Å². The minimum atomic E-state index is -4.59. The maximum atomic E-state index is 12.8. The second kappa shape index (κ2) is 7.98. The van der Waals surface area contributed by atoms with Gasteiger partial charge in [0.1, 0.15) is 17.5 Å². The highest BCUT2D eigenvalue weighted by molar-refractivity contribution is 6.36. The van der Waals surface area contributed by atoms with Crippen LogP contribution in [-0.2, 0) is 6.18 Å². The summed E-state index contributed by atoms with van der Waals surface area (Å²) >= 11 is 12.5. The van der Waals surface area contributed by atoms with Crippen LogP contribution >= 0.6 is 23.2 Å². The Morgan fingerprint density at radius 3 is 2.68 bits per heavy atom. The van der Waals surface area contributed by atoms with E-state index >= 15 is 0 Å². The van der Waals surface area contributed by atoms with Crippen molar-refractivity contribution in [2.45, 2.75) is 19.2 Å². The molecule has 13 heteroatoms. The summed E-state index contributed by atoms with van der Waals surface area (Å²) in [4.78, 5) is 11.7. The molecular formula is C18H12Cl2F3N5O3. The maximum Gasteiger partial charge on any atom is 0.434 e. The highest BCUT2D eigenvalue weighted by Crippen LogP contribution is 2.37. The van der Waals surface area contributed by atoms with Gasteiger partial charge in [0.2, 0.25) is 5.82 Å². The molecule has 1 atom stereocenters. The smallest absolute Gasteiger partial charge is 0.434 e. The molecule has 4 rings (SSSR count). The number of ether oxygens (including phenoxy) is 1. The molecule has 1 aromatic carbocycles. The summed E-state index contributed by atoms with van der Waals surface area (Å²) in [6, 6.07) is 2.93. The normalized spacial score (nSPS) is 13.0. The average Bonchev–Trinajstić information content (AvgIpc) is 3.35. The Balaban J connectivity index is 1.66. The topological polar surface area (TPSA) is 98.6 Å². The van der Waals surface area contributed by atoms with Crippen molar-refractivity contribution in [3.8, 4) is 28.7 Å². The van der Waals surface area contributed by atoms with Crippen LogP contribution in [0.25, 0.3) is 28.6 Å². The van der Waals surface area contributed by atoms with E-state index in [9.17, 15) is 13.2 Å². The summed E-state index contributed by atoms with van der Waals surface area (Å²) in [6.45, 7) is 1.45. The third kappa shape index (κ3) is 4.29. The van der Waals surface area contributed by atoms with Crippen LogP contribution < -0.4 is 4.74 Å². The van der Waals surface area contributed by atoms with E-state index < -0.39 is 18.0 Å². The molecule has 31 heavy (non-hydrogen) atoms. The van der Waals surface area contributed by atoms with Gasteiger partial charge < -0.3 is 18.8 Å². The Morgan fingerprint density at radius 1 is 1.19 bits per heavy atom. The van der Waals surface area contributed by atoms with E-state index in [1.807, 2.05) is 0 Å². The van der Waals surface area contributed by atoms with Gasteiger partial charge in [0, 0.05) is 24.0 Å². The van der Waals surface area contributed by atoms with Crippen molar-refractivity contribution in [2.24, 2.45) is 0 Å². The van der Waals surface area contributed by atoms with Crippen LogP contribution in [0.15, 0.2) is 35.2 Å². The van der Waals surface area contributed by atoms with Crippen molar-refractivity contribution >= 4 is 28.8 Å². The summed E-state index contributed by atoms with van der Waals surface area (Å²) in [6.07, 6.45) is -1.96. The van der Waals surface area contributed by atoms with E-state index in [1.165, 1.54) is 18.3 Å². The fourth-order valence-electron chi connectivity index (χ4n) is 2.63. The van der Waals surface area contributed by atoms with E-state index in [-0.39, 0.29) is 45.5 Å². The Morgan fingerprint density at radius 2 is 1.97 bits per heavy atom. The number of alkyl halides is 3. The van der Waals surface area contributed by atoms with Gasteiger partial charge in [-0.15, -0.1) is 0 Å². The predicted octanol–water partition coefficient (Wildman–Crippen LogP) is 4.53. The fraction of sp³-hybridized carbons (Fsp3) is 0.222. The number of aromatic nitrogens is 5. The maximum absolute atomic E-state index is 12.8. The van der Waals surface area contributed by atoms with Crippen molar-refractivity contribution in [1.82, 2.24) is 24.5 Å². The molecule has 0 radical (unpaired) electrons. The van der Waals surface area contributed by atoms with Gasteiger partial charge in [0.05, 0.1) is 22.8 Å². The third-order valence-electron chi connectivity index (χ3n) is 4.12. The van der Waals surface area contributed by atoms with Crippen LogP contribution in [0.4, 0.5) is 13.2 Å². The number of halogens is 5. The Kier molecular flexibility index (Phi) is 5.50. The van der Waals surface area contributed by atoms with Crippen molar-refractivity contribution in [3.05, 3.63) is 46.5 Å². The number of hydrogen-bond donors (Lipinski definition) is 1. The van der Waals surface area contributed by atoms with Gasteiger partial charge in [-0.3, -0.25) is 0 Å². The first-order valence-electron chi connectivity index (χ1n) is 8.68. The largest absolute Gasteiger partial charge is 0.487 e. The van der Waals surface area contributed by atoms with Crippen molar-refractivity contribution < 1.29 is 27.5 Å². The molecule has 0 aliphatic carbocycles. The lowest BCUT2D eigenvalue weighted by Crippen LogP contribution is -2.16. The SMILES string of the molecule is CC(CO)Oc1cc(Cl)c(-c2noc(-c3cn4cc(C(F)(F)F)ncc4n3)n2)cc1Cl. The molecular weight excluding hydrogens is 462 g/mol. The van der Waals surface area contributed by atoms with Crippen LogP contribution in [0.5, 0.6) is 5.75 Å². The van der Waals surface area contributed by atoms with E-state index in [4.69, 9.17) is 37.6 Å². The van der Waals surface area contributed by atoms with Crippen molar-refractivity contribution in [2.75, 3.05) is 6.61 Å². The summed E-state index contributed by atoms with van der Waals surface area (Å²) < 4.78 is 50.4. The molecule has 3 heterocycles. The zero-order valence-corrected chi connectivity index (χ0v) is 17.1. The third-order valence-corrected chi connectivity index (χ3v) is 4.73. The van der Waals surface area contributed by atoms with Gasteiger partial charge >= 0.3 is 6.18 Å². The minimum Gasteiger partial charge on any atom is -0.487 e. The van der Waals surface area contributed by atoms with Crippen molar-refractivity contribution in [1.29, 1.82) is 0 Å². The van der Waals surface area contributed by atoms with Crippen LogP contribution in [0.1, 0.15) is 12.6 Å². The second-order valence-corrected chi connectivity index (χ2v) is 7.27. The van der Waals surface area contributed by atoms with E-state index in [0.29, 0.717) is 5.56 Å². The Labute approximate surface area is 182 Å². The molecule has 0 aliphatic rings. The quantitative estimate of drug-likeness (QED) is 0.454. The lowest BCUT2D eigenvalue weighted by Gasteiger charge is -2.14. The molecule has 0 saturated carbocycles. The number of aliphatic hydroxyl groups is 1. The van der Waals surface area contributed by atoms with Gasteiger partial charge in [-0.1, -0.05) is 28.4 Å². The van der Waals surface area contributed by atoms with E-state index in [0.717, 1.165) is 16.8 Å². The number of imidazole rings is 1. The lowest BCUT2D eigenvalue weighted by molar-refractivity contribution is -0.141. The van der Waals surface area contributed by atoms with Crippen molar-refractivity contribution in [3.63, 3.8) is 0 Å².